The lowest BCUT2D eigenvalue weighted by Gasteiger charge is -2.14. The van der Waals surface area contributed by atoms with Crippen molar-refractivity contribution >= 4 is 17.6 Å². The van der Waals surface area contributed by atoms with E-state index in [1.54, 1.807) is 30.5 Å². The molecule has 0 bridgehead atoms. The number of nitrogens with zero attached hydrogens (tertiary/aromatic N) is 3. The molecule has 0 saturated carbocycles. The molecule has 2 aromatic heterocycles. The zero-order valence-electron chi connectivity index (χ0n) is 17.9. The van der Waals surface area contributed by atoms with Gasteiger partial charge in [-0.05, 0) is 48.5 Å². The van der Waals surface area contributed by atoms with E-state index in [1.165, 1.54) is 36.5 Å². The minimum absolute atomic E-state index is 0.0239. The number of hydrogen-bond donors (Lipinski definition) is 2. The third-order valence-electron chi connectivity index (χ3n) is 4.94. The standard InChI is InChI=1S/C25H17F4N5O/c26-19-14-16(20-6-1-2-12-31-20)7-8-22(19)34-13-10-23(35)24(33-34)21(9-11-30)32-18-5-3-4-17(15-18)25(27,28)29/h1-15,30,32H/b21-9-,30-11?. The Morgan fingerprint density at radius 1 is 1.03 bits per heavy atom. The minimum Gasteiger partial charge on any atom is -0.354 e. The highest BCUT2D eigenvalue weighted by molar-refractivity contribution is 5.87. The maximum absolute atomic E-state index is 15.0. The van der Waals surface area contributed by atoms with Gasteiger partial charge in [-0.1, -0.05) is 18.2 Å². The van der Waals surface area contributed by atoms with E-state index < -0.39 is 23.0 Å². The largest absolute Gasteiger partial charge is 0.416 e. The molecule has 176 valence electrons. The summed E-state index contributed by atoms with van der Waals surface area (Å²) >= 11 is 0. The van der Waals surface area contributed by atoms with Gasteiger partial charge in [-0.15, -0.1) is 0 Å². The van der Waals surface area contributed by atoms with Crippen molar-refractivity contribution in [3.8, 4) is 16.9 Å². The SMILES string of the molecule is N=C/C=C(\Nc1cccc(C(F)(F)F)c1)c1nn(-c2ccc(-c3ccccn3)cc2F)ccc1=O. The molecular weight excluding hydrogens is 462 g/mol. The first kappa shape index (κ1) is 23.6. The summed E-state index contributed by atoms with van der Waals surface area (Å²) in [4.78, 5) is 16.7. The van der Waals surface area contributed by atoms with Crippen molar-refractivity contribution in [1.82, 2.24) is 14.8 Å². The highest BCUT2D eigenvalue weighted by Crippen LogP contribution is 2.31. The van der Waals surface area contributed by atoms with Gasteiger partial charge in [0, 0.05) is 35.9 Å². The summed E-state index contributed by atoms with van der Waals surface area (Å²) in [5.74, 6) is -0.626. The summed E-state index contributed by atoms with van der Waals surface area (Å²) in [6, 6.07) is 15.2. The summed E-state index contributed by atoms with van der Waals surface area (Å²) < 4.78 is 55.3. The maximum atomic E-state index is 15.0. The van der Waals surface area contributed by atoms with Gasteiger partial charge in [0.05, 0.1) is 17.0 Å². The molecule has 35 heavy (non-hydrogen) atoms. The van der Waals surface area contributed by atoms with E-state index in [0.29, 0.717) is 11.3 Å². The van der Waals surface area contributed by atoms with Crippen molar-refractivity contribution in [3.63, 3.8) is 0 Å². The smallest absolute Gasteiger partial charge is 0.354 e. The van der Waals surface area contributed by atoms with Crippen LogP contribution in [0, 0.1) is 11.2 Å². The van der Waals surface area contributed by atoms with Crippen LogP contribution >= 0.6 is 0 Å². The van der Waals surface area contributed by atoms with Crippen LogP contribution in [0.2, 0.25) is 0 Å². The molecule has 0 aliphatic carbocycles. The molecule has 4 rings (SSSR count). The van der Waals surface area contributed by atoms with Gasteiger partial charge in [0.1, 0.15) is 11.5 Å². The first-order chi connectivity index (χ1) is 16.8. The van der Waals surface area contributed by atoms with Crippen molar-refractivity contribution in [2.75, 3.05) is 5.32 Å². The second kappa shape index (κ2) is 9.72. The summed E-state index contributed by atoms with van der Waals surface area (Å²) in [7, 11) is 0. The van der Waals surface area contributed by atoms with E-state index in [9.17, 15) is 22.4 Å². The summed E-state index contributed by atoms with van der Waals surface area (Å²) in [6.07, 6.45) is 0.341. The molecule has 4 aromatic rings. The van der Waals surface area contributed by atoms with Gasteiger partial charge in [0.25, 0.3) is 0 Å². The zero-order chi connectivity index (χ0) is 25.0. The van der Waals surface area contributed by atoms with Gasteiger partial charge >= 0.3 is 6.18 Å². The van der Waals surface area contributed by atoms with Crippen molar-refractivity contribution in [3.05, 3.63) is 112 Å². The number of alkyl halides is 3. The second-order valence-corrected chi connectivity index (χ2v) is 7.30. The fourth-order valence-electron chi connectivity index (χ4n) is 3.31. The van der Waals surface area contributed by atoms with Gasteiger partial charge in [0.2, 0.25) is 5.43 Å². The predicted octanol–water partition coefficient (Wildman–Crippen LogP) is 5.55. The zero-order valence-corrected chi connectivity index (χ0v) is 17.9. The molecule has 10 heteroatoms. The Hall–Kier alpha value is -4.60. The Balaban J connectivity index is 1.71. The van der Waals surface area contributed by atoms with E-state index in [0.717, 1.165) is 29.1 Å². The Morgan fingerprint density at radius 2 is 1.86 bits per heavy atom. The van der Waals surface area contributed by atoms with Crippen LogP contribution in [0.25, 0.3) is 22.6 Å². The second-order valence-electron chi connectivity index (χ2n) is 7.30. The molecule has 2 heterocycles. The molecule has 0 radical (unpaired) electrons. The van der Waals surface area contributed by atoms with Crippen molar-refractivity contribution in [2.45, 2.75) is 6.18 Å². The number of benzene rings is 2. The lowest BCUT2D eigenvalue weighted by Crippen LogP contribution is -2.19. The minimum atomic E-state index is -4.56. The van der Waals surface area contributed by atoms with Crippen LogP contribution < -0.4 is 10.7 Å². The Bertz CT molecular complexity index is 1460. The molecule has 2 aromatic carbocycles. The first-order valence-corrected chi connectivity index (χ1v) is 10.2. The van der Waals surface area contributed by atoms with Crippen LogP contribution in [-0.4, -0.2) is 21.0 Å². The quantitative estimate of drug-likeness (QED) is 0.280. The average molecular weight is 479 g/mol. The molecule has 6 nitrogen and oxygen atoms in total. The van der Waals surface area contributed by atoms with Crippen molar-refractivity contribution < 1.29 is 17.6 Å². The normalized spacial score (nSPS) is 11.8. The van der Waals surface area contributed by atoms with Crippen LogP contribution in [0.15, 0.2) is 90.0 Å². The van der Waals surface area contributed by atoms with Crippen LogP contribution in [0.1, 0.15) is 11.3 Å². The van der Waals surface area contributed by atoms with E-state index in [4.69, 9.17) is 5.41 Å². The Labute approximate surface area is 196 Å². The highest BCUT2D eigenvalue weighted by Gasteiger charge is 2.30. The number of anilines is 1. The monoisotopic (exact) mass is 479 g/mol. The lowest BCUT2D eigenvalue weighted by atomic mass is 10.1. The highest BCUT2D eigenvalue weighted by atomic mass is 19.4. The molecule has 2 N–H and O–H groups in total. The third-order valence-corrected chi connectivity index (χ3v) is 4.94. The Morgan fingerprint density at radius 3 is 2.54 bits per heavy atom. The topological polar surface area (TPSA) is 83.7 Å². The number of halogens is 4. The number of nitrogens with one attached hydrogen (secondary N) is 2. The molecular formula is C25H17F4N5O. The predicted molar refractivity (Wildman–Crippen MR) is 125 cm³/mol. The third kappa shape index (κ3) is 5.32. The molecule has 0 saturated heterocycles. The number of pyridine rings is 1. The average Bonchev–Trinajstić information content (AvgIpc) is 2.84. The summed E-state index contributed by atoms with van der Waals surface area (Å²) in [5.41, 5.74) is -0.485. The number of aromatic nitrogens is 3. The molecule has 0 unspecified atom stereocenters. The van der Waals surface area contributed by atoms with Gasteiger partial charge in [-0.25, -0.2) is 9.07 Å². The van der Waals surface area contributed by atoms with Crippen molar-refractivity contribution in [1.29, 1.82) is 5.41 Å². The van der Waals surface area contributed by atoms with Gasteiger partial charge in [-0.2, -0.15) is 18.3 Å². The van der Waals surface area contributed by atoms with Crippen LogP contribution in [-0.2, 0) is 6.18 Å². The van der Waals surface area contributed by atoms with Gasteiger partial charge in [0.15, 0.2) is 5.69 Å². The molecule has 0 fully saturated rings. The van der Waals surface area contributed by atoms with Crippen LogP contribution in [0.5, 0.6) is 0 Å². The number of allylic oxidation sites excluding steroid dienone is 1. The lowest BCUT2D eigenvalue weighted by molar-refractivity contribution is -0.137. The van der Waals surface area contributed by atoms with E-state index in [-0.39, 0.29) is 22.8 Å². The van der Waals surface area contributed by atoms with E-state index in [1.807, 2.05) is 0 Å². The molecule has 0 spiro atoms. The van der Waals surface area contributed by atoms with Crippen LogP contribution in [0.4, 0.5) is 23.2 Å². The van der Waals surface area contributed by atoms with Crippen molar-refractivity contribution in [2.24, 2.45) is 0 Å². The van der Waals surface area contributed by atoms with Gasteiger partial charge in [-0.3, -0.25) is 9.78 Å². The fourth-order valence-corrected chi connectivity index (χ4v) is 3.31. The Kier molecular flexibility index (Phi) is 6.54. The van der Waals surface area contributed by atoms with E-state index in [2.05, 4.69) is 15.4 Å². The summed E-state index contributed by atoms with van der Waals surface area (Å²) in [6.45, 7) is 0. The van der Waals surface area contributed by atoms with E-state index >= 15 is 0 Å². The first-order valence-electron chi connectivity index (χ1n) is 10.2. The maximum Gasteiger partial charge on any atom is 0.416 e. The number of rotatable bonds is 6. The number of hydrogen-bond acceptors (Lipinski definition) is 5. The molecule has 0 aliphatic heterocycles. The molecule has 0 amide bonds. The fraction of sp³-hybridized carbons (Fsp3) is 0.0400. The molecule has 0 atom stereocenters. The van der Waals surface area contributed by atoms with Crippen LogP contribution in [0.3, 0.4) is 0 Å². The molecule has 0 aliphatic rings. The summed E-state index contributed by atoms with van der Waals surface area (Å²) in [5, 5.41) is 14.3. The van der Waals surface area contributed by atoms with Gasteiger partial charge < -0.3 is 10.7 Å².